The number of aliphatic hydroxyl groups excluding tert-OH is 1. The van der Waals surface area contributed by atoms with Crippen LogP contribution in [0.1, 0.15) is 30.7 Å². The molecule has 0 saturated heterocycles. The highest BCUT2D eigenvalue weighted by Crippen LogP contribution is 2.26. The Hall–Kier alpha value is -1.66. The summed E-state index contributed by atoms with van der Waals surface area (Å²) in [7, 11) is 0. The molecule has 1 aromatic carbocycles. The Balaban J connectivity index is 1.83. The van der Waals surface area contributed by atoms with Crippen LogP contribution in [0.15, 0.2) is 28.7 Å². The van der Waals surface area contributed by atoms with Gasteiger partial charge in [0, 0.05) is 29.3 Å². The molecule has 0 amide bonds. The Labute approximate surface area is 157 Å². The molecule has 0 spiro atoms. The van der Waals surface area contributed by atoms with Gasteiger partial charge in [0.05, 0.1) is 12.6 Å². The molecule has 0 fully saturated rings. The van der Waals surface area contributed by atoms with E-state index in [0.29, 0.717) is 11.9 Å². The van der Waals surface area contributed by atoms with Gasteiger partial charge in [0.25, 0.3) is 0 Å². The van der Waals surface area contributed by atoms with Gasteiger partial charge in [-0.2, -0.15) is 4.98 Å². The van der Waals surface area contributed by atoms with Crippen LogP contribution < -0.4 is 10.2 Å². The van der Waals surface area contributed by atoms with Gasteiger partial charge in [-0.1, -0.05) is 35.8 Å². The second-order valence-corrected chi connectivity index (χ2v) is 7.87. The smallest absolute Gasteiger partial charge is 0.225 e. The molecule has 1 atom stereocenters. The summed E-state index contributed by atoms with van der Waals surface area (Å²) in [6, 6.07) is 8.47. The van der Waals surface area contributed by atoms with Crippen LogP contribution >= 0.6 is 15.9 Å². The summed E-state index contributed by atoms with van der Waals surface area (Å²) >= 11 is 3.56. The number of fused-ring (bicyclic) bond motifs is 1. The zero-order valence-electron chi connectivity index (χ0n) is 15.0. The lowest BCUT2D eigenvalue weighted by molar-refractivity contribution is 0.248. The van der Waals surface area contributed by atoms with E-state index in [4.69, 9.17) is 4.98 Å². The molecule has 1 aliphatic heterocycles. The van der Waals surface area contributed by atoms with Gasteiger partial charge in [-0.05, 0) is 42.5 Å². The number of aliphatic hydroxyl groups is 1. The summed E-state index contributed by atoms with van der Waals surface area (Å²) in [5, 5.41) is 12.8. The van der Waals surface area contributed by atoms with Crippen LogP contribution in [0.5, 0.6) is 0 Å². The van der Waals surface area contributed by atoms with Crippen molar-refractivity contribution in [3.05, 3.63) is 45.6 Å². The maximum absolute atomic E-state index is 9.55. The summed E-state index contributed by atoms with van der Waals surface area (Å²) in [5.74, 6) is 1.82. The van der Waals surface area contributed by atoms with Crippen molar-refractivity contribution < 1.29 is 5.11 Å². The van der Waals surface area contributed by atoms with Gasteiger partial charge in [-0.15, -0.1) is 0 Å². The van der Waals surface area contributed by atoms with Crippen molar-refractivity contribution in [2.45, 2.75) is 39.8 Å². The largest absolute Gasteiger partial charge is 0.394 e. The minimum atomic E-state index is -0.0484. The molecule has 134 valence electrons. The summed E-state index contributed by atoms with van der Waals surface area (Å²) in [5.41, 5.74) is 3.67. The van der Waals surface area contributed by atoms with Gasteiger partial charge in [0.15, 0.2) is 0 Å². The predicted octanol–water partition coefficient (Wildman–Crippen LogP) is 3.54. The first-order valence-electron chi connectivity index (χ1n) is 8.71. The number of aryl methyl sites for hydroxylation is 1. The zero-order chi connectivity index (χ0) is 18.0. The third-order valence-electron chi connectivity index (χ3n) is 4.66. The highest BCUT2D eigenvalue weighted by Gasteiger charge is 2.20. The van der Waals surface area contributed by atoms with Gasteiger partial charge in [0.1, 0.15) is 5.82 Å². The van der Waals surface area contributed by atoms with Crippen LogP contribution in [0.2, 0.25) is 0 Å². The third-order valence-corrected chi connectivity index (χ3v) is 5.15. The molecule has 2 aromatic rings. The molecule has 0 aliphatic carbocycles. The van der Waals surface area contributed by atoms with Crippen molar-refractivity contribution in [2.75, 3.05) is 23.4 Å². The first kappa shape index (κ1) is 18.1. The van der Waals surface area contributed by atoms with Gasteiger partial charge in [-0.25, -0.2) is 4.98 Å². The van der Waals surface area contributed by atoms with Crippen LogP contribution in [-0.4, -0.2) is 34.3 Å². The van der Waals surface area contributed by atoms with E-state index < -0.39 is 0 Å². The van der Waals surface area contributed by atoms with Crippen LogP contribution in [0, 0.1) is 12.8 Å². The van der Waals surface area contributed by atoms with E-state index in [1.807, 2.05) is 13.0 Å². The number of rotatable bonds is 5. The highest BCUT2D eigenvalue weighted by molar-refractivity contribution is 9.10. The molecule has 0 unspecified atom stereocenters. The maximum atomic E-state index is 9.55. The Morgan fingerprint density at radius 1 is 1.24 bits per heavy atom. The molecule has 1 aliphatic rings. The second-order valence-electron chi connectivity index (χ2n) is 6.95. The number of aromatic nitrogens is 2. The monoisotopic (exact) mass is 404 g/mol. The summed E-state index contributed by atoms with van der Waals surface area (Å²) < 4.78 is 1.11. The zero-order valence-corrected chi connectivity index (χ0v) is 16.5. The van der Waals surface area contributed by atoms with Crippen molar-refractivity contribution in [3.8, 4) is 0 Å². The van der Waals surface area contributed by atoms with E-state index in [-0.39, 0.29) is 12.6 Å². The maximum Gasteiger partial charge on any atom is 0.225 e. The molecule has 5 nitrogen and oxygen atoms in total. The number of halogens is 1. The number of hydrogen-bond acceptors (Lipinski definition) is 5. The Morgan fingerprint density at radius 2 is 2.04 bits per heavy atom. The fraction of sp³-hybridized carbons (Fsp3) is 0.474. The average Bonchev–Trinajstić information content (AvgIpc) is 2.58. The number of nitrogens with one attached hydrogen (secondary N) is 1. The van der Waals surface area contributed by atoms with Gasteiger partial charge < -0.3 is 15.3 Å². The minimum Gasteiger partial charge on any atom is -0.394 e. The summed E-state index contributed by atoms with van der Waals surface area (Å²) in [6.07, 6.45) is 1.01. The molecular formula is C19H25BrN4O. The molecule has 0 saturated carbocycles. The molecule has 2 heterocycles. The van der Waals surface area contributed by atoms with Crippen molar-refractivity contribution in [2.24, 2.45) is 5.92 Å². The SMILES string of the molecule is Cc1cc(N2CCc3ccc(Br)cc3C2)nc(N[C@H](CO)C(C)C)n1. The molecule has 0 bridgehead atoms. The van der Waals surface area contributed by atoms with E-state index in [9.17, 15) is 5.11 Å². The van der Waals surface area contributed by atoms with Crippen molar-refractivity contribution >= 4 is 27.7 Å². The highest BCUT2D eigenvalue weighted by atomic mass is 79.9. The molecule has 25 heavy (non-hydrogen) atoms. The van der Waals surface area contributed by atoms with Crippen LogP contribution in [-0.2, 0) is 13.0 Å². The molecule has 2 N–H and O–H groups in total. The van der Waals surface area contributed by atoms with E-state index in [1.54, 1.807) is 0 Å². The van der Waals surface area contributed by atoms with Gasteiger partial charge >= 0.3 is 0 Å². The number of anilines is 2. The molecule has 6 heteroatoms. The average molecular weight is 405 g/mol. The lowest BCUT2D eigenvalue weighted by Gasteiger charge is -2.30. The fourth-order valence-corrected chi connectivity index (χ4v) is 3.50. The Bertz CT molecular complexity index is 750. The van der Waals surface area contributed by atoms with E-state index in [1.165, 1.54) is 11.1 Å². The number of hydrogen-bond donors (Lipinski definition) is 2. The second kappa shape index (κ2) is 7.70. The molecular weight excluding hydrogens is 380 g/mol. The van der Waals surface area contributed by atoms with Crippen LogP contribution in [0.25, 0.3) is 0 Å². The first-order valence-corrected chi connectivity index (χ1v) is 9.51. The summed E-state index contributed by atoms with van der Waals surface area (Å²) in [6.45, 7) is 7.98. The Morgan fingerprint density at radius 3 is 2.76 bits per heavy atom. The van der Waals surface area contributed by atoms with Crippen LogP contribution in [0.4, 0.5) is 11.8 Å². The van der Waals surface area contributed by atoms with E-state index >= 15 is 0 Å². The lowest BCUT2D eigenvalue weighted by Crippen LogP contribution is -2.33. The minimum absolute atomic E-state index is 0.0484. The van der Waals surface area contributed by atoms with E-state index in [0.717, 1.165) is 35.5 Å². The standard InChI is InChI=1S/C19H25BrN4O/c1-12(2)17(11-25)22-19-21-13(3)8-18(23-19)24-7-6-14-4-5-16(20)9-15(14)10-24/h4-5,8-9,12,17,25H,6-7,10-11H2,1-3H3,(H,21,22,23)/t17-/m1/s1. The molecule has 3 rings (SSSR count). The topological polar surface area (TPSA) is 61.3 Å². The summed E-state index contributed by atoms with van der Waals surface area (Å²) in [4.78, 5) is 11.5. The van der Waals surface area contributed by atoms with Crippen LogP contribution in [0.3, 0.4) is 0 Å². The fourth-order valence-electron chi connectivity index (χ4n) is 3.09. The van der Waals surface area contributed by atoms with Crippen molar-refractivity contribution in [1.82, 2.24) is 9.97 Å². The normalized spacial score (nSPS) is 15.2. The van der Waals surface area contributed by atoms with Gasteiger partial charge in [0.2, 0.25) is 5.95 Å². The van der Waals surface area contributed by atoms with Gasteiger partial charge in [-0.3, -0.25) is 0 Å². The first-order chi connectivity index (χ1) is 12.0. The van der Waals surface area contributed by atoms with Crippen molar-refractivity contribution in [3.63, 3.8) is 0 Å². The number of benzene rings is 1. The predicted molar refractivity (Wildman–Crippen MR) is 105 cm³/mol. The third kappa shape index (κ3) is 4.30. The molecule has 1 aromatic heterocycles. The Kier molecular flexibility index (Phi) is 5.59. The quantitative estimate of drug-likeness (QED) is 0.797. The van der Waals surface area contributed by atoms with Crippen molar-refractivity contribution in [1.29, 1.82) is 0 Å². The molecule has 0 radical (unpaired) electrons. The number of nitrogens with zero attached hydrogens (tertiary/aromatic N) is 3. The van der Waals surface area contributed by atoms with E-state index in [2.05, 4.69) is 63.2 Å². The lowest BCUT2D eigenvalue weighted by atomic mass is 10.00.